The smallest absolute Gasteiger partial charge is 0.277 e. The summed E-state index contributed by atoms with van der Waals surface area (Å²) in [5.41, 5.74) is 4.64. The standard InChI is InChI=1S/C8H20N4O2S/c1-6(5-7(9)10)11-15(13,14)12-8(2,3)4/h6,11-12H,5H2,1-4H3,(H3,9,10). The molecule has 0 aliphatic heterocycles. The number of amidine groups is 1. The van der Waals surface area contributed by atoms with E-state index in [1.165, 1.54) is 0 Å². The highest BCUT2D eigenvalue weighted by Crippen LogP contribution is 2.01. The number of nitrogens with two attached hydrogens (primary N) is 1. The Kier molecular flexibility index (Phi) is 4.69. The van der Waals surface area contributed by atoms with E-state index in [0.29, 0.717) is 0 Å². The molecule has 5 N–H and O–H groups in total. The third kappa shape index (κ3) is 8.34. The van der Waals surface area contributed by atoms with E-state index in [9.17, 15) is 8.42 Å². The zero-order valence-corrected chi connectivity index (χ0v) is 10.4. The van der Waals surface area contributed by atoms with Crippen LogP contribution < -0.4 is 15.2 Å². The number of rotatable bonds is 5. The molecule has 0 aliphatic rings. The Morgan fingerprint density at radius 2 is 1.93 bits per heavy atom. The van der Waals surface area contributed by atoms with Crippen molar-refractivity contribution in [3.8, 4) is 0 Å². The molecule has 0 bridgehead atoms. The Morgan fingerprint density at radius 1 is 1.47 bits per heavy atom. The van der Waals surface area contributed by atoms with Crippen molar-refractivity contribution in [3.05, 3.63) is 0 Å². The van der Waals surface area contributed by atoms with Gasteiger partial charge in [0.15, 0.2) is 0 Å². The molecule has 90 valence electrons. The summed E-state index contributed by atoms with van der Waals surface area (Å²) in [5, 5.41) is 7.04. The van der Waals surface area contributed by atoms with Crippen LogP contribution in [0, 0.1) is 5.41 Å². The molecule has 1 unspecified atom stereocenters. The lowest BCUT2D eigenvalue weighted by atomic mass is 10.1. The Hall–Kier alpha value is -0.660. The maximum atomic E-state index is 11.5. The van der Waals surface area contributed by atoms with Gasteiger partial charge in [-0.15, -0.1) is 0 Å². The van der Waals surface area contributed by atoms with E-state index in [1.807, 2.05) is 0 Å². The second-order valence-corrected chi connectivity index (χ2v) is 6.05. The van der Waals surface area contributed by atoms with Crippen LogP contribution in [-0.4, -0.2) is 25.8 Å². The Bertz CT molecular complexity index is 318. The molecule has 7 heteroatoms. The molecule has 15 heavy (non-hydrogen) atoms. The van der Waals surface area contributed by atoms with Gasteiger partial charge in [-0.3, -0.25) is 5.41 Å². The van der Waals surface area contributed by atoms with Gasteiger partial charge in [-0.05, 0) is 27.7 Å². The monoisotopic (exact) mass is 236 g/mol. The molecule has 1 atom stereocenters. The van der Waals surface area contributed by atoms with E-state index in [0.717, 1.165) is 0 Å². The lowest BCUT2D eigenvalue weighted by Gasteiger charge is -2.22. The molecule has 0 rings (SSSR count). The van der Waals surface area contributed by atoms with Crippen LogP contribution in [-0.2, 0) is 10.2 Å². The average molecular weight is 236 g/mol. The van der Waals surface area contributed by atoms with Gasteiger partial charge in [0.05, 0.1) is 5.84 Å². The van der Waals surface area contributed by atoms with Crippen molar-refractivity contribution in [1.29, 1.82) is 5.41 Å². The summed E-state index contributed by atoms with van der Waals surface area (Å²) in [5.74, 6) is -0.0408. The maximum Gasteiger partial charge on any atom is 0.277 e. The van der Waals surface area contributed by atoms with Crippen molar-refractivity contribution in [2.45, 2.75) is 45.7 Å². The molecule has 0 aliphatic carbocycles. The zero-order chi connectivity index (χ0) is 12.3. The maximum absolute atomic E-state index is 11.5. The van der Waals surface area contributed by atoms with Gasteiger partial charge in [-0.2, -0.15) is 17.9 Å². The van der Waals surface area contributed by atoms with Crippen molar-refractivity contribution >= 4 is 16.0 Å². The first-order valence-corrected chi connectivity index (χ1v) is 6.14. The highest BCUT2D eigenvalue weighted by molar-refractivity contribution is 7.87. The molecule has 6 nitrogen and oxygen atoms in total. The Balaban J connectivity index is 4.33. The molecular formula is C8H20N4O2S. The highest BCUT2D eigenvalue weighted by Gasteiger charge is 2.21. The molecule has 0 spiro atoms. The second kappa shape index (κ2) is 4.91. The highest BCUT2D eigenvalue weighted by atomic mass is 32.2. The summed E-state index contributed by atoms with van der Waals surface area (Å²) in [6.07, 6.45) is 0.199. The number of nitrogens with one attached hydrogen (secondary N) is 3. The first kappa shape index (κ1) is 14.3. The van der Waals surface area contributed by atoms with E-state index in [1.54, 1.807) is 27.7 Å². The van der Waals surface area contributed by atoms with Crippen molar-refractivity contribution in [2.24, 2.45) is 5.73 Å². The van der Waals surface area contributed by atoms with Gasteiger partial charge in [-0.1, -0.05) is 0 Å². The SMILES string of the molecule is CC(CC(=N)N)NS(=O)(=O)NC(C)(C)C. The fourth-order valence-electron chi connectivity index (χ4n) is 1.07. The molecule has 0 radical (unpaired) electrons. The van der Waals surface area contributed by atoms with Gasteiger partial charge in [0.2, 0.25) is 0 Å². The fraction of sp³-hybridized carbons (Fsp3) is 0.875. The minimum absolute atomic E-state index is 0.0408. The van der Waals surface area contributed by atoms with Gasteiger partial charge < -0.3 is 5.73 Å². The van der Waals surface area contributed by atoms with E-state index >= 15 is 0 Å². The van der Waals surface area contributed by atoms with E-state index in [2.05, 4.69) is 9.44 Å². The molecule has 0 aromatic rings. The summed E-state index contributed by atoms with van der Waals surface area (Å²) >= 11 is 0. The first-order chi connectivity index (χ1) is 6.52. The zero-order valence-electron chi connectivity index (χ0n) is 9.59. The summed E-state index contributed by atoms with van der Waals surface area (Å²) in [7, 11) is -3.54. The lowest BCUT2D eigenvalue weighted by molar-refractivity contribution is 0.477. The summed E-state index contributed by atoms with van der Waals surface area (Å²) in [4.78, 5) is 0. The first-order valence-electron chi connectivity index (χ1n) is 4.66. The molecule has 0 fully saturated rings. The van der Waals surface area contributed by atoms with Crippen LogP contribution in [0.4, 0.5) is 0 Å². The minimum atomic E-state index is -3.54. The minimum Gasteiger partial charge on any atom is -0.388 e. The van der Waals surface area contributed by atoms with Gasteiger partial charge in [0.1, 0.15) is 0 Å². The van der Waals surface area contributed by atoms with Crippen molar-refractivity contribution in [3.63, 3.8) is 0 Å². The third-order valence-corrected chi connectivity index (χ3v) is 2.92. The second-order valence-electron chi connectivity index (χ2n) is 4.60. The van der Waals surface area contributed by atoms with Crippen LogP contribution in [0.3, 0.4) is 0 Å². The average Bonchev–Trinajstić information content (AvgIpc) is 1.73. The Morgan fingerprint density at radius 3 is 2.27 bits per heavy atom. The molecular weight excluding hydrogens is 216 g/mol. The molecule has 0 amide bonds. The van der Waals surface area contributed by atoms with Crippen LogP contribution in [0.15, 0.2) is 0 Å². The summed E-state index contributed by atoms with van der Waals surface area (Å²) in [6, 6.07) is -0.387. The van der Waals surface area contributed by atoms with Crippen molar-refractivity contribution in [2.75, 3.05) is 0 Å². The van der Waals surface area contributed by atoms with Crippen molar-refractivity contribution in [1.82, 2.24) is 9.44 Å². The van der Waals surface area contributed by atoms with Gasteiger partial charge in [0.25, 0.3) is 10.2 Å². The quantitative estimate of drug-likeness (QED) is 0.396. The van der Waals surface area contributed by atoms with Gasteiger partial charge >= 0.3 is 0 Å². The molecule has 0 aromatic carbocycles. The predicted octanol–water partition coefficient (Wildman–Crippen LogP) is -0.0765. The lowest BCUT2D eigenvalue weighted by Crippen LogP contribution is -2.49. The van der Waals surface area contributed by atoms with Crippen LogP contribution >= 0.6 is 0 Å². The topological polar surface area (TPSA) is 108 Å². The van der Waals surface area contributed by atoms with Crippen LogP contribution in [0.25, 0.3) is 0 Å². The summed E-state index contributed by atoms with van der Waals surface area (Å²) < 4.78 is 27.8. The van der Waals surface area contributed by atoms with Crippen LogP contribution in [0.5, 0.6) is 0 Å². The third-order valence-electron chi connectivity index (χ3n) is 1.32. The molecule has 0 aromatic heterocycles. The van der Waals surface area contributed by atoms with Crippen LogP contribution in [0.1, 0.15) is 34.1 Å². The normalized spacial score (nSPS) is 14.9. The van der Waals surface area contributed by atoms with Gasteiger partial charge in [-0.25, -0.2) is 0 Å². The molecule has 0 saturated carbocycles. The number of hydrogen-bond donors (Lipinski definition) is 4. The van der Waals surface area contributed by atoms with Crippen LogP contribution in [0.2, 0.25) is 0 Å². The van der Waals surface area contributed by atoms with E-state index in [4.69, 9.17) is 11.1 Å². The fourth-order valence-corrected chi connectivity index (χ4v) is 2.55. The van der Waals surface area contributed by atoms with Gasteiger partial charge in [0, 0.05) is 18.0 Å². The number of hydrogen-bond acceptors (Lipinski definition) is 3. The summed E-state index contributed by atoms with van der Waals surface area (Å²) in [6.45, 7) is 6.91. The largest absolute Gasteiger partial charge is 0.388 e. The molecule has 0 saturated heterocycles. The predicted molar refractivity (Wildman–Crippen MR) is 60.9 cm³/mol. The van der Waals surface area contributed by atoms with Crippen molar-refractivity contribution < 1.29 is 8.42 Å². The molecule has 0 heterocycles. The van der Waals surface area contributed by atoms with E-state index < -0.39 is 15.7 Å². The Labute approximate surface area is 91.3 Å². The van der Waals surface area contributed by atoms with E-state index in [-0.39, 0.29) is 18.3 Å².